The molecule has 0 amide bonds. The topological polar surface area (TPSA) is 0 Å². The normalized spacial score (nSPS) is 10.0. The van der Waals surface area contributed by atoms with Crippen molar-refractivity contribution in [2.75, 3.05) is 0 Å². The van der Waals surface area contributed by atoms with Gasteiger partial charge in [0.1, 0.15) is 0 Å². The molecule has 0 aromatic heterocycles. The molecule has 0 unspecified atom stereocenters. The molecule has 0 aromatic carbocycles. The van der Waals surface area contributed by atoms with Crippen molar-refractivity contribution in [1.29, 1.82) is 0 Å². The fraction of sp³-hybridized carbons (Fsp3) is 0.800. The minimum absolute atomic E-state index is 0. The number of hydrogen-bond donors (Lipinski definition) is 0. The van der Waals surface area contributed by atoms with Crippen molar-refractivity contribution in [2.24, 2.45) is 5.41 Å². The molecule has 0 spiro atoms. The summed E-state index contributed by atoms with van der Waals surface area (Å²) in [4.78, 5) is 0. The van der Waals surface area contributed by atoms with Gasteiger partial charge >= 0.3 is 19.5 Å². The molecule has 0 aromatic rings. The molecule has 0 rings (SSSR count). The summed E-state index contributed by atoms with van der Waals surface area (Å²) in [6.45, 7) is 10.0. The Balaban J connectivity index is 0. The van der Waals surface area contributed by atoms with Gasteiger partial charge in [-0.05, 0) is 0 Å². The summed E-state index contributed by atoms with van der Waals surface area (Å²) in [5.41, 5.74) is 0.250. The van der Waals surface area contributed by atoms with Crippen LogP contribution in [0.25, 0.3) is 0 Å². The van der Waals surface area contributed by atoms with Crippen molar-refractivity contribution in [1.82, 2.24) is 0 Å². The van der Waals surface area contributed by atoms with Crippen molar-refractivity contribution < 1.29 is 19.5 Å². The molecule has 0 atom stereocenters. The van der Waals surface area contributed by atoms with Gasteiger partial charge in [-0.2, -0.15) is 5.41 Å². The van der Waals surface area contributed by atoms with Crippen molar-refractivity contribution >= 4 is 0 Å². The summed E-state index contributed by atoms with van der Waals surface area (Å²) in [6, 6.07) is 0. The van der Waals surface area contributed by atoms with Crippen molar-refractivity contribution in [2.45, 2.75) is 20.8 Å². The zero-order valence-electron chi connectivity index (χ0n) is 4.91. The first-order valence-corrected chi connectivity index (χ1v) is 1.85. The predicted octanol–water partition coefficient (Wildman–Crippen LogP) is 1.86. The van der Waals surface area contributed by atoms with Gasteiger partial charge < -0.3 is 6.92 Å². The molecule has 0 aliphatic carbocycles. The zero-order chi connectivity index (χ0) is 4.50. The van der Waals surface area contributed by atoms with Gasteiger partial charge in [0.15, 0.2) is 0 Å². The molecule has 0 saturated carbocycles. The molecule has 0 aliphatic heterocycles. The molecule has 0 fully saturated rings. The number of rotatable bonds is 0. The Labute approximate surface area is 53.1 Å². The third-order valence-corrected chi connectivity index (χ3v) is 0. The number of hydrogen-bond acceptors (Lipinski definition) is 0. The molecule has 0 N–H and O–H groups in total. The third-order valence-electron chi connectivity index (χ3n) is 0. The second-order valence-corrected chi connectivity index (χ2v) is 2.56. The van der Waals surface area contributed by atoms with E-state index in [1.807, 2.05) is 0 Å². The van der Waals surface area contributed by atoms with Crippen LogP contribution in [0.1, 0.15) is 20.8 Å². The Bertz CT molecular complexity index is 19.4. The molecular weight excluding hydrogens is 125 g/mol. The summed E-state index contributed by atoms with van der Waals surface area (Å²) in [6.07, 6.45) is 0. The molecule has 6 heavy (non-hydrogen) atoms. The van der Waals surface area contributed by atoms with Crippen LogP contribution < -0.4 is 0 Å². The standard InChI is InChI=1S/C5H11.Zn/c1-5(2,3)4;/h1H2,2-4H3;/q-1;+2. The van der Waals surface area contributed by atoms with Gasteiger partial charge in [0.2, 0.25) is 0 Å². The molecule has 0 aliphatic rings. The average molecular weight is 137 g/mol. The zero-order valence-corrected chi connectivity index (χ0v) is 7.88. The second-order valence-electron chi connectivity index (χ2n) is 2.56. The Morgan fingerprint density at radius 3 is 1.17 bits per heavy atom. The van der Waals surface area contributed by atoms with Crippen molar-refractivity contribution in [3.8, 4) is 0 Å². The molecule has 0 nitrogen and oxygen atoms in total. The molecular formula is C5H11Zn+. The quantitative estimate of drug-likeness (QED) is 0.352. The van der Waals surface area contributed by atoms with Crippen molar-refractivity contribution in [3.05, 3.63) is 6.92 Å². The van der Waals surface area contributed by atoms with Crippen LogP contribution in [-0.4, -0.2) is 0 Å². The first-order chi connectivity index (χ1) is 2.00. The summed E-state index contributed by atoms with van der Waals surface area (Å²) in [5.74, 6) is 0. The maximum atomic E-state index is 3.77. The van der Waals surface area contributed by atoms with Crippen LogP contribution in [0.4, 0.5) is 0 Å². The molecule has 0 saturated heterocycles. The van der Waals surface area contributed by atoms with Gasteiger partial charge in [0, 0.05) is 0 Å². The predicted molar refractivity (Wildman–Crippen MR) is 24.8 cm³/mol. The first kappa shape index (κ1) is 9.80. The van der Waals surface area contributed by atoms with Crippen molar-refractivity contribution in [3.63, 3.8) is 0 Å². The second kappa shape index (κ2) is 2.74. The van der Waals surface area contributed by atoms with Crippen LogP contribution in [0.2, 0.25) is 0 Å². The molecule has 1 heteroatoms. The Morgan fingerprint density at radius 2 is 1.17 bits per heavy atom. The summed E-state index contributed by atoms with van der Waals surface area (Å²) in [7, 11) is 0. The van der Waals surface area contributed by atoms with Crippen LogP contribution in [0.15, 0.2) is 0 Å². The first-order valence-electron chi connectivity index (χ1n) is 1.85. The summed E-state index contributed by atoms with van der Waals surface area (Å²) < 4.78 is 0. The largest absolute Gasteiger partial charge is 2.00 e. The smallest absolute Gasteiger partial charge is 0.338 e. The van der Waals surface area contributed by atoms with E-state index in [4.69, 9.17) is 0 Å². The van der Waals surface area contributed by atoms with E-state index < -0.39 is 0 Å². The minimum Gasteiger partial charge on any atom is -0.338 e. The SMILES string of the molecule is [CH2-]C(C)(C)C.[Zn+2]. The Hall–Kier alpha value is 0.623. The van der Waals surface area contributed by atoms with E-state index in [9.17, 15) is 0 Å². The Morgan fingerprint density at radius 1 is 1.17 bits per heavy atom. The maximum Gasteiger partial charge on any atom is 2.00 e. The van der Waals surface area contributed by atoms with Crippen LogP contribution in [0.3, 0.4) is 0 Å². The summed E-state index contributed by atoms with van der Waals surface area (Å²) in [5, 5.41) is 0. The van der Waals surface area contributed by atoms with Gasteiger partial charge in [-0.3, -0.25) is 0 Å². The van der Waals surface area contributed by atoms with Gasteiger partial charge in [0.25, 0.3) is 0 Å². The van der Waals surface area contributed by atoms with E-state index in [1.54, 1.807) is 0 Å². The molecule has 32 valence electrons. The molecule has 0 heterocycles. The fourth-order valence-electron chi connectivity index (χ4n) is 0. The van der Waals surface area contributed by atoms with Gasteiger partial charge in [-0.1, -0.05) is 20.8 Å². The molecule has 0 bridgehead atoms. The van der Waals surface area contributed by atoms with Gasteiger partial charge in [-0.15, -0.1) is 0 Å². The fourth-order valence-corrected chi connectivity index (χ4v) is 0. The van der Waals surface area contributed by atoms with Gasteiger partial charge in [0.05, 0.1) is 0 Å². The maximum absolute atomic E-state index is 3.77. The third kappa shape index (κ3) is 156. The monoisotopic (exact) mass is 135 g/mol. The van der Waals surface area contributed by atoms with Gasteiger partial charge in [-0.25, -0.2) is 0 Å². The van der Waals surface area contributed by atoms with Crippen LogP contribution >= 0.6 is 0 Å². The Kier molecular flexibility index (Phi) is 4.47. The average Bonchev–Trinajstić information content (AvgIpc) is 0.722. The van der Waals surface area contributed by atoms with E-state index in [0.29, 0.717) is 0 Å². The van der Waals surface area contributed by atoms with E-state index >= 15 is 0 Å². The van der Waals surface area contributed by atoms with E-state index in [0.717, 1.165) is 0 Å². The summed E-state index contributed by atoms with van der Waals surface area (Å²) >= 11 is 0. The van der Waals surface area contributed by atoms with E-state index in [-0.39, 0.29) is 24.9 Å². The van der Waals surface area contributed by atoms with Crippen LogP contribution in [-0.2, 0) is 19.5 Å². The van der Waals surface area contributed by atoms with Crippen LogP contribution in [0, 0.1) is 12.3 Å². The molecule has 0 radical (unpaired) electrons. The van der Waals surface area contributed by atoms with E-state index in [1.165, 1.54) is 0 Å². The minimum atomic E-state index is 0. The van der Waals surface area contributed by atoms with Crippen LogP contribution in [0.5, 0.6) is 0 Å². The van der Waals surface area contributed by atoms with E-state index in [2.05, 4.69) is 27.7 Å².